The number of benzene rings is 1. The average Bonchev–Trinajstić information content (AvgIpc) is 3.05. The van der Waals surface area contributed by atoms with Crippen LogP contribution in [0.1, 0.15) is 54.6 Å². The Kier molecular flexibility index (Phi) is 5.88. The molecule has 1 atom stereocenters. The summed E-state index contributed by atoms with van der Waals surface area (Å²) in [5.41, 5.74) is 0.658. The summed E-state index contributed by atoms with van der Waals surface area (Å²) >= 11 is 0. The predicted octanol–water partition coefficient (Wildman–Crippen LogP) is 2.87. The van der Waals surface area contributed by atoms with E-state index < -0.39 is 11.2 Å². The van der Waals surface area contributed by atoms with Crippen LogP contribution in [0.25, 0.3) is 11.0 Å². The van der Waals surface area contributed by atoms with Gasteiger partial charge in [0.15, 0.2) is 0 Å². The van der Waals surface area contributed by atoms with Crippen LogP contribution in [-0.2, 0) is 6.54 Å². The van der Waals surface area contributed by atoms with Crippen molar-refractivity contribution in [1.82, 2.24) is 19.4 Å². The summed E-state index contributed by atoms with van der Waals surface area (Å²) in [4.78, 5) is 46.4. The van der Waals surface area contributed by atoms with E-state index in [0.717, 1.165) is 37.0 Å². The Labute approximate surface area is 179 Å². The molecule has 8 heteroatoms. The van der Waals surface area contributed by atoms with Gasteiger partial charge in [0.05, 0.1) is 24.1 Å². The molecule has 3 aromatic rings. The zero-order valence-electron chi connectivity index (χ0n) is 17.8. The van der Waals surface area contributed by atoms with E-state index >= 15 is 0 Å². The third-order valence-corrected chi connectivity index (χ3v) is 5.91. The number of amides is 1. The Hall–Kier alpha value is -3.42. The molecule has 0 saturated carbocycles. The van der Waals surface area contributed by atoms with Gasteiger partial charge < -0.3 is 9.64 Å². The van der Waals surface area contributed by atoms with Crippen molar-refractivity contribution in [2.24, 2.45) is 0 Å². The Morgan fingerprint density at radius 3 is 2.68 bits per heavy atom. The van der Waals surface area contributed by atoms with Crippen molar-refractivity contribution < 1.29 is 9.53 Å². The summed E-state index contributed by atoms with van der Waals surface area (Å²) < 4.78 is 6.64. The zero-order chi connectivity index (χ0) is 22.0. The van der Waals surface area contributed by atoms with Crippen molar-refractivity contribution >= 4 is 16.9 Å². The summed E-state index contributed by atoms with van der Waals surface area (Å²) in [7, 11) is 1.63. The third kappa shape index (κ3) is 3.97. The second kappa shape index (κ2) is 8.75. The van der Waals surface area contributed by atoms with Gasteiger partial charge in [-0.05, 0) is 43.5 Å². The lowest BCUT2D eigenvalue weighted by atomic mass is 10.00. The molecule has 1 aromatic carbocycles. The molecule has 0 radical (unpaired) electrons. The molecule has 1 fully saturated rings. The van der Waals surface area contributed by atoms with Crippen molar-refractivity contribution in [3.05, 3.63) is 68.5 Å². The third-order valence-electron chi connectivity index (χ3n) is 5.91. The van der Waals surface area contributed by atoms with E-state index in [2.05, 4.69) is 9.97 Å². The molecular formula is C23H26N4O4. The fourth-order valence-electron chi connectivity index (χ4n) is 4.27. The smallest absolute Gasteiger partial charge is 0.329 e. The highest BCUT2D eigenvalue weighted by Gasteiger charge is 2.28. The number of nitrogens with zero attached hydrogens (tertiary/aromatic N) is 3. The van der Waals surface area contributed by atoms with E-state index in [1.807, 2.05) is 29.2 Å². The maximum atomic E-state index is 13.5. The van der Waals surface area contributed by atoms with Crippen molar-refractivity contribution in [2.45, 2.75) is 45.2 Å². The lowest BCUT2D eigenvalue weighted by molar-refractivity contribution is 0.0680. The second-order valence-electron chi connectivity index (χ2n) is 7.74. The summed E-state index contributed by atoms with van der Waals surface area (Å²) in [6, 6.07) is 9.30. The van der Waals surface area contributed by atoms with Crippen LogP contribution in [0.3, 0.4) is 0 Å². The van der Waals surface area contributed by atoms with Gasteiger partial charge in [-0.1, -0.05) is 25.0 Å². The molecule has 31 heavy (non-hydrogen) atoms. The summed E-state index contributed by atoms with van der Waals surface area (Å²) in [5.74, 6) is 0.612. The first kappa shape index (κ1) is 20.8. The average molecular weight is 422 g/mol. The maximum Gasteiger partial charge on any atom is 0.329 e. The molecule has 0 unspecified atom stereocenters. The molecule has 0 spiro atoms. The summed E-state index contributed by atoms with van der Waals surface area (Å²) in [5, 5.41) is 0.239. The lowest BCUT2D eigenvalue weighted by Crippen LogP contribution is -2.35. The van der Waals surface area contributed by atoms with Crippen molar-refractivity contribution in [1.29, 1.82) is 0 Å². The maximum absolute atomic E-state index is 13.5. The molecule has 0 aliphatic carbocycles. The first-order valence-electron chi connectivity index (χ1n) is 10.6. The molecular weight excluding hydrogens is 396 g/mol. The molecule has 1 saturated heterocycles. The Morgan fingerprint density at radius 1 is 1.19 bits per heavy atom. The molecule has 162 valence electrons. The number of H-pyrrole nitrogens is 1. The first-order chi connectivity index (χ1) is 15.0. The van der Waals surface area contributed by atoms with E-state index in [1.54, 1.807) is 20.1 Å². The molecule has 1 N–H and O–H groups in total. The standard InChI is InChI=1S/C23H26N4O4/c1-3-26-20-18(21(28)25-23(26)30)13-16(14-24-20)22(29)27-12-6-4-5-7-19(27)15-8-10-17(31-2)11-9-15/h8-11,13-14,19H,3-7,12H2,1-2H3,(H,25,28,30)/t19-/m1/s1. The van der Waals surface area contributed by atoms with Gasteiger partial charge in [-0.15, -0.1) is 0 Å². The fraction of sp³-hybridized carbons (Fsp3) is 0.391. The van der Waals surface area contributed by atoms with Gasteiger partial charge in [-0.3, -0.25) is 19.1 Å². The van der Waals surface area contributed by atoms with Gasteiger partial charge in [0.25, 0.3) is 11.5 Å². The minimum Gasteiger partial charge on any atom is -0.497 e. The normalized spacial score (nSPS) is 16.8. The quantitative estimate of drug-likeness (QED) is 0.697. The number of pyridine rings is 1. The van der Waals surface area contributed by atoms with E-state index in [-0.39, 0.29) is 23.0 Å². The lowest BCUT2D eigenvalue weighted by Gasteiger charge is -2.30. The van der Waals surface area contributed by atoms with Gasteiger partial charge in [0.1, 0.15) is 11.4 Å². The number of nitrogens with one attached hydrogen (secondary N) is 1. The number of carbonyl (C=O) groups excluding carboxylic acids is 1. The van der Waals surface area contributed by atoms with Crippen molar-refractivity contribution in [3.8, 4) is 5.75 Å². The molecule has 4 rings (SSSR count). The minimum atomic E-state index is -0.533. The molecule has 1 amide bonds. The number of fused-ring (bicyclic) bond motifs is 1. The molecule has 1 aliphatic heterocycles. The molecule has 2 aromatic heterocycles. The number of rotatable bonds is 4. The number of aryl methyl sites for hydroxylation is 1. The number of methoxy groups -OCH3 is 1. The number of aromatic nitrogens is 3. The number of ether oxygens (including phenoxy) is 1. The van der Waals surface area contributed by atoms with Crippen LogP contribution < -0.4 is 16.0 Å². The van der Waals surface area contributed by atoms with Gasteiger partial charge >= 0.3 is 5.69 Å². The number of hydrogen-bond donors (Lipinski definition) is 1. The van der Waals surface area contributed by atoms with E-state index in [0.29, 0.717) is 18.7 Å². The van der Waals surface area contributed by atoms with Crippen LogP contribution in [0, 0.1) is 0 Å². The zero-order valence-corrected chi connectivity index (χ0v) is 17.8. The number of carbonyl (C=O) groups is 1. The largest absolute Gasteiger partial charge is 0.497 e. The van der Waals surface area contributed by atoms with Crippen LogP contribution in [0.5, 0.6) is 5.75 Å². The monoisotopic (exact) mass is 422 g/mol. The predicted molar refractivity (Wildman–Crippen MR) is 118 cm³/mol. The molecule has 3 heterocycles. The molecule has 1 aliphatic rings. The van der Waals surface area contributed by atoms with Gasteiger partial charge in [0, 0.05) is 19.3 Å². The van der Waals surface area contributed by atoms with Gasteiger partial charge in [0.2, 0.25) is 0 Å². The van der Waals surface area contributed by atoms with Crippen LogP contribution in [0.4, 0.5) is 0 Å². The van der Waals surface area contributed by atoms with E-state index in [1.165, 1.54) is 10.8 Å². The van der Waals surface area contributed by atoms with E-state index in [9.17, 15) is 14.4 Å². The molecule has 0 bridgehead atoms. The second-order valence-corrected chi connectivity index (χ2v) is 7.74. The van der Waals surface area contributed by atoms with Crippen LogP contribution in [-0.4, -0.2) is 39.0 Å². The SMILES string of the molecule is CCn1c(=O)[nH]c(=O)c2cc(C(=O)N3CCCCC[C@@H]3c3ccc(OC)cc3)cnc21. The van der Waals surface area contributed by atoms with Gasteiger partial charge in [-0.25, -0.2) is 9.78 Å². The number of likely N-dealkylation sites (tertiary alicyclic amines) is 1. The Bertz CT molecular complexity index is 1210. The van der Waals surface area contributed by atoms with E-state index in [4.69, 9.17) is 4.74 Å². The van der Waals surface area contributed by atoms with Crippen LogP contribution in [0.2, 0.25) is 0 Å². The summed E-state index contributed by atoms with van der Waals surface area (Å²) in [6.07, 6.45) is 5.36. The highest BCUT2D eigenvalue weighted by atomic mass is 16.5. The fourth-order valence-corrected chi connectivity index (χ4v) is 4.27. The van der Waals surface area contributed by atoms with Crippen LogP contribution >= 0.6 is 0 Å². The Balaban J connectivity index is 1.74. The molecule has 8 nitrogen and oxygen atoms in total. The summed E-state index contributed by atoms with van der Waals surface area (Å²) in [6.45, 7) is 2.81. The minimum absolute atomic E-state index is 0.0560. The van der Waals surface area contributed by atoms with Gasteiger partial charge in [-0.2, -0.15) is 0 Å². The Morgan fingerprint density at radius 2 is 1.97 bits per heavy atom. The van der Waals surface area contributed by atoms with Crippen LogP contribution in [0.15, 0.2) is 46.1 Å². The van der Waals surface area contributed by atoms with Crippen molar-refractivity contribution in [2.75, 3.05) is 13.7 Å². The topological polar surface area (TPSA) is 97.3 Å². The highest BCUT2D eigenvalue weighted by Crippen LogP contribution is 2.32. The highest BCUT2D eigenvalue weighted by molar-refractivity contribution is 5.97. The van der Waals surface area contributed by atoms with Crippen molar-refractivity contribution in [3.63, 3.8) is 0 Å². The number of hydrogen-bond acceptors (Lipinski definition) is 5. The number of aromatic amines is 1. The first-order valence-corrected chi connectivity index (χ1v) is 10.6.